The monoisotopic (exact) mass is 191 g/mol. The lowest BCUT2D eigenvalue weighted by Gasteiger charge is -2.11. The van der Waals surface area contributed by atoms with Crippen molar-refractivity contribution in [2.24, 2.45) is 5.92 Å². The third-order valence-corrected chi connectivity index (χ3v) is 3.47. The van der Waals surface area contributed by atoms with Gasteiger partial charge in [0.15, 0.2) is 0 Å². The van der Waals surface area contributed by atoms with E-state index >= 15 is 0 Å². The van der Waals surface area contributed by atoms with E-state index < -0.39 is 0 Å². The van der Waals surface area contributed by atoms with Gasteiger partial charge in [-0.3, -0.25) is 4.79 Å². The molecular weight excluding hydrogens is 174 g/mol. The molecule has 0 spiro atoms. The predicted octanol–water partition coefficient (Wildman–Crippen LogP) is 2.22. The fourth-order valence-electron chi connectivity index (χ4n) is 2.50. The quantitative estimate of drug-likeness (QED) is 0.616. The van der Waals surface area contributed by atoms with Gasteiger partial charge in [0.25, 0.3) is 5.56 Å². The molecule has 0 aromatic carbocycles. The van der Waals surface area contributed by atoms with E-state index in [1.54, 1.807) is 0 Å². The van der Waals surface area contributed by atoms with Crippen molar-refractivity contribution in [3.8, 4) is 0 Å². The van der Waals surface area contributed by atoms with Crippen molar-refractivity contribution < 1.29 is 0 Å². The molecule has 76 valence electrons. The first-order valence-electron chi connectivity index (χ1n) is 5.23. The van der Waals surface area contributed by atoms with Crippen LogP contribution in [0.5, 0.6) is 0 Å². The third-order valence-electron chi connectivity index (χ3n) is 3.47. The molecule has 1 aliphatic rings. The number of aromatic nitrogens is 1. The molecule has 1 aromatic rings. The molecule has 0 aliphatic carbocycles. The zero-order valence-electron chi connectivity index (χ0n) is 9.29. The molecule has 0 radical (unpaired) electrons. The van der Waals surface area contributed by atoms with Crippen molar-refractivity contribution in [1.82, 2.24) is 4.57 Å². The zero-order valence-corrected chi connectivity index (χ0v) is 9.29. The second-order valence-corrected chi connectivity index (χ2v) is 4.58. The molecule has 0 saturated carbocycles. The Hall–Kier alpha value is -1.05. The number of nitrogens with zero attached hydrogens (tertiary/aromatic N) is 1. The maximum Gasteiger partial charge on any atom is 0.253 e. The van der Waals surface area contributed by atoms with Gasteiger partial charge < -0.3 is 4.57 Å². The number of pyridine rings is 1. The van der Waals surface area contributed by atoms with Gasteiger partial charge in [-0.1, -0.05) is 13.8 Å². The summed E-state index contributed by atoms with van der Waals surface area (Å²) in [4.78, 5) is 11.9. The summed E-state index contributed by atoms with van der Waals surface area (Å²) < 4.78 is 1.96. The topological polar surface area (TPSA) is 22.0 Å². The van der Waals surface area contributed by atoms with Crippen LogP contribution in [0.2, 0.25) is 0 Å². The standard InChI is InChI=1S/C12H17NO/c1-7-5-8(2)12(14)13-6-9(3)10(4)11(7)13/h5,9-10H,6H2,1-4H3. The summed E-state index contributed by atoms with van der Waals surface area (Å²) in [6.45, 7) is 9.32. The molecule has 0 saturated heterocycles. The normalized spacial score (nSPS) is 25.1. The summed E-state index contributed by atoms with van der Waals surface area (Å²) in [6.07, 6.45) is 0. The third kappa shape index (κ3) is 1.13. The molecule has 0 N–H and O–H groups in total. The number of hydrogen-bond donors (Lipinski definition) is 0. The van der Waals surface area contributed by atoms with Crippen LogP contribution in [0.3, 0.4) is 0 Å². The van der Waals surface area contributed by atoms with E-state index in [0.29, 0.717) is 11.8 Å². The van der Waals surface area contributed by atoms with Gasteiger partial charge in [-0.15, -0.1) is 0 Å². The van der Waals surface area contributed by atoms with Crippen LogP contribution in [0.4, 0.5) is 0 Å². The summed E-state index contributed by atoms with van der Waals surface area (Å²) in [7, 11) is 0. The van der Waals surface area contributed by atoms with E-state index in [2.05, 4.69) is 20.8 Å². The van der Waals surface area contributed by atoms with Crippen molar-refractivity contribution in [2.45, 2.75) is 40.2 Å². The molecule has 0 amide bonds. The van der Waals surface area contributed by atoms with Crippen molar-refractivity contribution >= 4 is 0 Å². The number of hydrogen-bond acceptors (Lipinski definition) is 1. The molecule has 1 aliphatic heterocycles. The highest BCUT2D eigenvalue weighted by Crippen LogP contribution is 2.33. The van der Waals surface area contributed by atoms with Crippen molar-refractivity contribution in [1.29, 1.82) is 0 Å². The molecule has 0 bridgehead atoms. The lowest BCUT2D eigenvalue weighted by Crippen LogP contribution is -2.22. The molecule has 2 nitrogen and oxygen atoms in total. The second-order valence-electron chi connectivity index (χ2n) is 4.58. The Morgan fingerprint density at radius 1 is 1.29 bits per heavy atom. The van der Waals surface area contributed by atoms with Gasteiger partial charge in [-0.25, -0.2) is 0 Å². The predicted molar refractivity (Wildman–Crippen MR) is 57.8 cm³/mol. The minimum atomic E-state index is 0.196. The summed E-state index contributed by atoms with van der Waals surface area (Å²) in [5.74, 6) is 1.10. The summed E-state index contributed by atoms with van der Waals surface area (Å²) in [5.41, 5.74) is 3.57. The summed E-state index contributed by atoms with van der Waals surface area (Å²) in [6, 6.07) is 2.02. The van der Waals surface area contributed by atoms with Gasteiger partial charge in [0, 0.05) is 23.7 Å². The van der Waals surface area contributed by atoms with Crippen LogP contribution in [-0.2, 0) is 6.54 Å². The Kier molecular flexibility index (Phi) is 2.02. The lowest BCUT2D eigenvalue weighted by molar-refractivity contribution is 0.499. The van der Waals surface area contributed by atoms with E-state index in [4.69, 9.17) is 0 Å². The van der Waals surface area contributed by atoms with E-state index in [1.807, 2.05) is 17.6 Å². The minimum absolute atomic E-state index is 0.196. The highest BCUT2D eigenvalue weighted by molar-refractivity contribution is 5.30. The van der Waals surface area contributed by atoms with Crippen LogP contribution in [-0.4, -0.2) is 4.57 Å². The first-order valence-corrected chi connectivity index (χ1v) is 5.23. The lowest BCUT2D eigenvalue weighted by atomic mass is 9.94. The van der Waals surface area contributed by atoms with Gasteiger partial charge in [0.05, 0.1) is 0 Å². The van der Waals surface area contributed by atoms with Crippen LogP contribution >= 0.6 is 0 Å². The molecule has 1 aromatic heterocycles. The molecule has 0 fully saturated rings. The van der Waals surface area contributed by atoms with Crippen LogP contribution in [0.25, 0.3) is 0 Å². The molecular formula is C12H17NO. The summed E-state index contributed by atoms with van der Waals surface area (Å²) >= 11 is 0. The van der Waals surface area contributed by atoms with E-state index in [-0.39, 0.29) is 5.56 Å². The van der Waals surface area contributed by atoms with Gasteiger partial charge in [0.1, 0.15) is 0 Å². The SMILES string of the molecule is Cc1cc(C)c(=O)n2c1C(C)C(C)C2. The van der Waals surface area contributed by atoms with Gasteiger partial charge in [-0.05, 0) is 31.4 Å². The molecule has 2 unspecified atom stereocenters. The first kappa shape index (κ1) is 9.50. The van der Waals surface area contributed by atoms with Gasteiger partial charge in [0.2, 0.25) is 0 Å². The van der Waals surface area contributed by atoms with E-state index in [9.17, 15) is 4.79 Å². The Morgan fingerprint density at radius 3 is 2.57 bits per heavy atom. The van der Waals surface area contributed by atoms with Crippen LogP contribution < -0.4 is 5.56 Å². The fraction of sp³-hybridized carbons (Fsp3) is 0.583. The Labute approximate surface area is 84.6 Å². The fourth-order valence-corrected chi connectivity index (χ4v) is 2.50. The van der Waals surface area contributed by atoms with Crippen LogP contribution in [0, 0.1) is 19.8 Å². The Morgan fingerprint density at radius 2 is 1.93 bits per heavy atom. The highest BCUT2D eigenvalue weighted by Gasteiger charge is 2.28. The van der Waals surface area contributed by atoms with Gasteiger partial charge >= 0.3 is 0 Å². The van der Waals surface area contributed by atoms with Crippen molar-refractivity contribution in [2.75, 3.05) is 0 Å². The maximum absolute atomic E-state index is 11.9. The Balaban J connectivity index is 2.73. The first-order chi connectivity index (χ1) is 6.52. The highest BCUT2D eigenvalue weighted by atomic mass is 16.1. The number of aryl methyl sites for hydroxylation is 2. The number of rotatable bonds is 0. The smallest absolute Gasteiger partial charge is 0.253 e. The number of fused-ring (bicyclic) bond motifs is 1. The van der Waals surface area contributed by atoms with E-state index in [0.717, 1.165) is 12.1 Å². The molecule has 2 heterocycles. The Bertz CT molecular complexity index is 431. The molecule has 2 rings (SSSR count). The van der Waals surface area contributed by atoms with Crippen molar-refractivity contribution in [3.63, 3.8) is 0 Å². The van der Waals surface area contributed by atoms with Crippen molar-refractivity contribution in [3.05, 3.63) is 33.2 Å². The second kappa shape index (κ2) is 2.97. The average Bonchev–Trinajstić information content (AvgIpc) is 2.40. The maximum atomic E-state index is 11.9. The van der Waals surface area contributed by atoms with E-state index in [1.165, 1.54) is 11.3 Å². The molecule has 14 heavy (non-hydrogen) atoms. The van der Waals surface area contributed by atoms with Crippen LogP contribution in [0.1, 0.15) is 36.6 Å². The van der Waals surface area contributed by atoms with Gasteiger partial charge in [-0.2, -0.15) is 0 Å². The largest absolute Gasteiger partial charge is 0.312 e. The van der Waals surface area contributed by atoms with Crippen LogP contribution in [0.15, 0.2) is 10.9 Å². The molecule has 2 heteroatoms. The summed E-state index contributed by atoms with van der Waals surface area (Å²) in [5, 5.41) is 0. The minimum Gasteiger partial charge on any atom is -0.312 e. The average molecular weight is 191 g/mol. The molecule has 2 atom stereocenters. The zero-order chi connectivity index (χ0) is 10.5.